The lowest BCUT2D eigenvalue weighted by Gasteiger charge is -2.38. The van der Waals surface area contributed by atoms with Gasteiger partial charge in [0.15, 0.2) is 0 Å². The highest BCUT2D eigenvalue weighted by atomic mass is 16.5. The van der Waals surface area contributed by atoms with E-state index >= 15 is 0 Å². The predicted molar refractivity (Wildman–Crippen MR) is 160 cm³/mol. The number of benzene rings is 2. The summed E-state index contributed by atoms with van der Waals surface area (Å²) in [6.07, 6.45) is 1.39. The minimum absolute atomic E-state index is 0.0633. The van der Waals surface area contributed by atoms with Crippen molar-refractivity contribution in [1.29, 1.82) is 0 Å². The van der Waals surface area contributed by atoms with Gasteiger partial charge in [-0.25, -0.2) is 0 Å². The molecule has 0 spiro atoms. The fourth-order valence-corrected chi connectivity index (χ4v) is 6.03. The molecule has 3 aliphatic heterocycles. The summed E-state index contributed by atoms with van der Waals surface area (Å²) in [5, 5.41) is 23.2. The number of carbonyl (C=O) groups is 1. The van der Waals surface area contributed by atoms with E-state index < -0.39 is 6.10 Å². The quantitative estimate of drug-likeness (QED) is 0.386. The number of hydrogen-bond acceptors (Lipinski definition) is 10. The SMILES string of the molecule is C=CC(=O)N1CCN(c2nc(OC[C@@H](O)CN3CCOCC3)nc3c2CCN(c2cc(O)cc4ccccc24)C3)CC1. The molecule has 0 saturated carbocycles. The molecular weight excluding hydrogens is 536 g/mol. The summed E-state index contributed by atoms with van der Waals surface area (Å²) in [6.45, 7) is 10.8. The Bertz CT molecular complexity index is 1440. The van der Waals surface area contributed by atoms with Crippen molar-refractivity contribution in [3.05, 3.63) is 60.3 Å². The van der Waals surface area contributed by atoms with Crippen LogP contribution >= 0.6 is 0 Å². The minimum atomic E-state index is -0.685. The number of rotatable bonds is 8. The van der Waals surface area contributed by atoms with Crippen LogP contribution in [0.3, 0.4) is 0 Å². The number of fused-ring (bicyclic) bond motifs is 2. The Morgan fingerprint density at radius 1 is 1.05 bits per heavy atom. The van der Waals surface area contributed by atoms with E-state index in [1.807, 2.05) is 24.3 Å². The van der Waals surface area contributed by atoms with Crippen LogP contribution in [-0.4, -0.2) is 114 Å². The van der Waals surface area contributed by atoms with E-state index in [4.69, 9.17) is 19.4 Å². The number of morpholine rings is 1. The molecule has 4 heterocycles. The van der Waals surface area contributed by atoms with Crippen molar-refractivity contribution in [1.82, 2.24) is 19.8 Å². The highest BCUT2D eigenvalue weighted by Crippen LogP contribution is 2.36. The Hall–Kier alpha value is -3.93. The molecule has 11 nitrogen and oxygen atoms in total. The highest BCUT2D eigenvalue weighted by molar-refractivity contribution is 5.95. The largest absolute Gasteiger partial charge is 0.508 e. The Labute approximate surface area is 245 Å². The Morgan fingerprint density at radius 2 is 1.83 bits per heavy atom. The number of hydrogen-bond donors (Lipinski definition) is 2. The van der Waals surface area contributed by atoms with Gasteiger partial charge in [0.1, 0.15) is 24.3 Å². The normalized spacial score (nSPS) is 18.5. The van der Waals surface area contributed by atoms with Crippen LogP contribution in [0.25, 0.3) is 10.8 Å². The molecule has 1 amide bonds. The first-order chi connectivity index (χ1) is 20.5. The van der Waals surface area contributed by atoms with Crippen molar-refractivity contribution >= 4 is 28.2 Å². The number of aliphatic hydroxyl groups is 1. The maximum absolute atomic E-state index is 12.2. The minimum Gasteiger partial charge on any atom is -0.508 e. The van der Waals surface area contributed by atoms with E-state index in [9.17, 15) is 15.0 Å². The average Bonchev–Trinajstić information content (AvgIpc) is 3.03. The molecule has 3 aliphatic rings. The number of aromatic hydroxyl groups is 1. The fourth-order valence-electron chi connectivity index (χ4n) is 6.03. The Kier molecular flexibility index (Phi) is 8.41. The molecule has 0 bridgehead atoms. The maximum atomic E-state index is 12.2. The number of amides is 1. The summed E-state index contributed by atoms with van der Waals surface area (Å²) in [5.41, 5.74) is 2.89. The van der Waals surface area contributed by atoms with Gasteiger partial charge in [0.2, 0.25) is 5.91 Å². The first-order valence-corrected chi connectivity index (χ1v) is 14.6. The van der Waals surface area contributed by atoms with Crippen molar-refractivity contribution in [3.8, 4) is 11.8 Å². The number of phenolic OH excluding ortho intramolecular Hbond substituents is 1. The summed E-state index contributed by atoms with van der Waals surface area (Å²) in [4.78, 5) is 30.2. The number of aromatic nitrogens is 2. The van der Waals surface area contributed by atoms with Gasteiger partial charge in [0.25, 0.3) is 0 Å². The van der Waals surface area contributed by atoms with E-state index in [0.29, 0.717) is 52.5 Å². The average molecular weight is 575 g/mol. The molecule has 222 valence electrons. The smallest absolute Gasteiger partial charge is 0.318 e. The predicted octanol–water partition coefficient (Wildman–Crippen LogP) is 1.80. The molecule has 0 aliphatic carbocycles. The Morgan fingerprint density at radius 3 is 2.62 bits per heavy atom. The van der Waals surface area contributed by atoms with Crippen LogP contribution in [0.4, 0.5) is 11.5 Å². The molecule has 2 N–H and O–H groups in total. The van der Waals surface area contributed by atoms with E-state index in [-0.39, 0.29) is 24.3 Å². The van der Waals surface area contributed by atoms with Crippen molar-refractivity contribution in [2.75, 3.05) is 82.0 Å². The highest BCUT2D eigenvalue weighted by Gasteiger charge is 2.29. The van der Waals surface area contributed by atoms with Crippen molar-refractivity contribution < 1.29 is 24.5 Å². The lowest BCUT2D eigenvalue weighted by atomic mass is 10.0. The zero-order chi connectivity index (χ0) is 29.1. The number of β-amino-alcohol motifs (C(OH)–C–C–N with tert-alkyl or cyclic N) is 1. The van der Waals surface area contributed by atoms with Gasteiger partial charge in [-0.2, -0.15) is 9.97 Å². The van der Waals surface area contributed by atoms with Gasteiger partial charge in [-0.3, -0.25) is 9.69 Å². The molecule has 1 atom stereocenters. The van der Waals surface area contributed by atoms with Gasteiger partial charge in [-0.15, -0.1) is 0 Å². The van der Waals surface area contributed by atoms with E-state index in [2.05, 4.69) is 27.3 Å². The van der Waals surface area contributed by atoms with Crippen LogP contribution in [0.15, 0.2) is 49.1 Å². The molecule has 2 aromatic carbocycles. The van der Waals surface area contributed by atoms with Gasteiger partial charge >= 0.3 is 6.01 Å². The van der Waals surface area contributed by atoms with Gasteiger partial charge < -0.3 is 34.4 Å². The number of carbonyl (C=O) groups excluding carboxylic acids is 1. The molecule has 3 aromatic rings. The van der Waals surface area contributed by atoms with Crippen LogP contribution in [0.2, 0.25) is 0 Å². The number of anilines is 2. The van der Waals surface area contributed by atoms with Gasteiger partial charge in [-0.05, 0) is 23.9 Å². The third-order valence-corrected chi connectivity index (χ3v) is 8.23. The molecule has 1 aromatic heterocycles. The number of phenols is 1. The first-order valence-electron chi connectivity index (χ1n) is 14.6. The number of ether oxygens (including phenoxy) is 2. The van der Waals surface area contributed by atoms with Gasteiger partial charge in [0.05, 0.1) is 25.5 Å². The maximum Gasteiger partial charge on any atom is 0.318 e. The lowest BCUT2D eigenvalue weighted by Crippen LogP contribution is -2.49. The molecule has 11 heteroatoms. The van der Waals surface area contributed by atoms with Crippen LogP contribution < -0.4 is 14.5 Å². The van der Waals surface area contributed by atoms with Crippen molar-refractivity contribution in [2.45, 2.75) is 19.1 Å². The number of piperazine rings is 1. The molecule has 0 radical (unpaired) electrons. The molecule has 2 fully saturated rings. The second-order valence-corrected chi connectivity index (χ2v) is 11.0. The van der Waals surface area contributed by atoms with Crippen molar-refractivity contribution in [2.24, 2.45) is 0 Å². The topological polar surface area (TPSA) is 115 Å². The zero-order valence-electron chi connectivity index (χ0n) is 23.8. The van der Waals surface area contributed by atoms with Crippen LogP contribution in [0, 0.1) is 0 Å². The van der Waals surface area contributed by atoms with E-state index in [1.165, 1.54) is 6.08 Å². The molecule has 42 heavy (non-hydrogen) atoms. The standard InChI is InChI=1S/C31H38N6O5/c1-2-29(40)35-9-11-36(12-10-35)30-26-7-8-37(28-18-23(38)17-22-5-3-4-6-25(22)28)20-27(26)32-31(33-30)42-21-24(39)19-34-13-15-41-16-14-34/h2-6,17-18,24,38-39H,1,7-16,19-21H2/t24-/m0/s1. The fraction of sp³-hybridized carbons (Fsp3) is 0.452. The number of aliphatic hydroxyl groups excluding tert-OH is 1. The monoisotopic (exact) mass is 574 g/mol. The zero-order valence-corrected chi connectivity index (χ0v) is 23.8. The van der Waals surface area contributed by atoms with Gasteiger partial charge in [-0.1, -0.05) is 30.8 Å². The van der Waals surface area contributed by atoms with Crippen molar-refractivity contribution in [3.63, 3.8) is 0 Å². The summed E-state index contributed by atoms with van der Waals surface area (Å²) in [6, 6.07) is 11.9. The molecule has 0 unspecified atom stereocenters. The third kappa shape index (κ3) is 6.13. The Balaban J connectivity index is 1.26. The van der Waals surface area contributed by atoms with Gasteiger partial charge in [0, 0.05) is 75.1 Å². The van der Waals surface area contributed by atoms with Crippen LogP contribution in [0.1, 0.15) is 11.3 Å². The van der Waals surface area contributed by atoms with Crippen LogP contribution in [-0.2, 0) is 22.5 Å². The second-order valence-electron chi connectivity index (χ2n) is 11.0. The molecule has 6 rings (SSSR count). The van der Waals surface area contributed by atoms with E-state index in [1.54, 1.807) is 11.0 Å². The van der Waals surface area contributed by atoms with Crippen LogP contribution in [0.5, 0.6) is 11.8 Å². The first kappa shape index (κ1) is 28.2. The summed E-state index contributed by atoms with van der Waals surface area (Å²) in [7, 11) is 0. The lowest BCUT2D eigenvalue weighted by molar-refractivity contribution is -0.126. The summed E-state index contributed by atoms with van der Waals surface area (Å²) in [5.74, 6) is 0.985. The number of nitrogens with zero attached hydrogens (tertiary/aromatic N) is 6. The van der Waals surface area contributed by atoms with E-state index in [0.717, 1.165) is 59.6 Å². The second kappa shape index (κ2) is 12.5. The third-order valence-electron chi connectivity index (χ3n) is 8.23. The molecule has 2 saturated heterocycles. The molecular formula is C31H38N6O5. The summed E-state index contributed by atoms with van der Waals surface area (Å²) >= 11 is 0. The summed E-state index contributed by atoms with van der Waals surface area (Å²) < 4.78 is 11.4.